The van der Waals surface area contributed by atoms with Gasteiger partial charge in [0.2, 0.25) is 5.91 Å². The third kappa shape index (κ3) is 2.60. The van der Waals surface area contributed by atoms with E-state index >= 15 is 0 Å². The molecule has 2 amide bonds. The third-order valence-corrected chi connectivity index (χ3v) is 5.81. The molecule has 4 rings (SSSR count). The number of fused-ring (bicyclic) bond motifs is 1. The van der Waals surface area contributed by atoms with Gasteiger partial charge in [0.25, 0.3) is 5.91 Å². The maximum atomic E-state index is 12.8. The van der Waals surface area contributed by atoms with Gasteiger partial charge in [-0.05, 0) is 25.0 Å². The molecule has 3 atom stereocenters. The molecule has 0 saturated carbocycles. The number of amides is 2. The zero-order valence-corrected chi connectivity index (χ0v) is 15.3. The van der Waals surface area contributed by atoms with Crippen LogP contribution < -0.4 is 0 Å². The van der Waals surface area contributed by atoms with E-state index in [2.05, 4.69) is 24.0 Å². The van der Waals surface area contributed by atoms with Crippen molar-refractivity contribution in [2.24, 2.45) is 11.8 Å². The van der Waals surface area contributed by atoms with Gasteiger partial charge in [0.05, 0.1) is 6.04 Å². The molecular formula is C20H23N3O3. The van der Waals surface area contributed by atoms with E-state index in [1.165, 1.54) is 17.5 Å². The van der Waals surface area contributed by atoms with Gasteiger partial charge < -0.3 is 14.2 Å². The van der Waals surface area contributed by atoms with Crippen molar-refractivity contribution in [3.8, 4) is 0 Å². The zero-order chi connectivity index (χ0) is 18.4. The summed E-state index contributed by atoms with van der Waals surface area (Å²) >= 11 is 0. The van der Waals surface area contributed by atoms with Crippen LogP contribution in [0.4, 0.5) is 0 Å². The minimum absolute atomic E-state index is 0.0231. The van der Waals surface area contributed by atoms with Gasteiger partial charge in [-0.25, -0.2) is 4.98 Å². The fourth-order valence-electron chi connectivity index (χ4n) is 4.51. The van der Waals surface area contributed by atoms with E-state index in [9.17, 15) is 9.59 Å². The lowest BCUT2D eigenvalue weighted by Gasteiger charge is -2.30. The Balaban J connectivity index is 1.63. The van der Waals surface area contributed by atoms with E-state index in [-0.39, 0.29) is 23.8 Å². The Morgan fingerprint density at radius 1 is 1.15 bits per heavy atom. The van der Waals surface area contributed by atoms with Gasteiger partial charge in [-0.3, -0.25) is 9.59 Å². The minimum atomic E-state index is -0.0800. The number of likely N-dealkylation sites (tertiary alicyclic amines) is 2. The number of hydrogen-bond donors (Lipinski definition) is 0. The molecule has 1 aromatic carbocycles. The van der Waals surface area contributed by atoms with Crippen molar-refractivity contribution in [3.63, 3.8) is 0 Å². The first-order valence-corrected chi connectivity index (χ1v) is 8.99. The number of benzene rings is 1. The summed E-state index contributed by atoms with van der Waals surface area (Å²) in [4.78, 5) is 33.0. The van der Waals surface area contributed by atoms with Crippen LogP contribution in [0.25, 0.3) is 0 Å². The second-order valence-corrected chi connectivity index (χ2v) is 7.36. The van der Waals surface area contributed by atoms with E-state index in [4.69, 9.17) is 4.42 Å². The predicted octanol–water partition coefficient (Wildman–Crippen LogP) is 2.58. The molecule has 6 heteroatoms. The summed E-state index contributed by atoms with van der Waals surface area (Å²) in [6.07, 6.45) is 1.31. The number of oxazole rings is 1. The Morgan fingerprint density at radius 2 is 1.92 bits per heavy atom. The Hall–Kier alpha value is -2.63. The maximum Gasteiger partial charge on any atom is 0.276 e. The van der Waals surface area contributed by atoms with Gasteiger partial charge in [-0.1, -0.05) is 24.3 Å². The lowest BCUT2D eigenvalue weighted by Crippen LogP contribution is -2.37. The molecule has 0 radical (unpaired) electrons. The lowest BCUT2D eigenvalue weighted by atomic mass is 9.87. The van der Waals surface area contributed by atoms with Gasteiger partial charge in [-0.15, -0.1) is 0 Å². The Morgan fingerprint density at radius 3 is 2.58 bits per heavy atom. The van der Waals surface area contributed by atoms with Crippen LogP contribution in [0.2, 0.25) is 0 Å². The van der Waals surface area contributed by atoms with Crippen molar-refractivity contribution >= 4 is 11.8 Å². The molecule has 0 unspecified atom stereocenters. The molecule has 1 aromatic heterocycles. The number of hydrogen-bond acceptors (Lipinski definition) is 4. The van der Waals surface area contributed by atoms with Crippen LogP contribution in [-0.2, 0) is 4.79 Å². The van der Waals surface area contributed by atoms with Gasteiger partial charge >= 0.3 is 0 Å². The van der Waals surface area contributed by atoms with Crippen molar-refractivity contribution in [3.05, 3.63) is 53.2 Å². The van der Waals surface area contributed by atoms with Crippen molar-refractivity contribution in [2.45, 2.75) is 26.8 Å². The fraction of sp³-hybridized carbons (Fsp3) is 0.450. The van der Waals surface area contributed by atoms with Crippen LogP contribution in [-0.4, -0.2) is 46.2 Å². The van der Waals surface area contributed by atoms with Crippen molar-refractivity contribution < 1.29 is 14.0 Å². The number of rotatable bonds is 2. The molecule has 2 aliphatic rings. The molecule has 2 fully saturated rings. The van der Waals surface area contributed by atoms with Crippen LogP contribution in [0.15, 0.2) is 35.1 Å². The summed E-state index contributed by atoms with van der Waals surface area (Å²) < 4.78 is 5.18. The molecule has 0 spiro atoms. The number of carbonyl (C=O) groups excluding carboxylic acids is 2. The smallest absolute Gasteiger partial charge is 0.276 e. The molecule has 0 aliphatic carbocycles. The Kier molecular flexibility index (Phi) is 4.05. The zero-order valence-electron chi connectivity index (χ0n) is 15.3. The number of carbonyl (C=O) groups is 2. The highest BCUT2D eigenvalue weighted by Gasteiger charge is 2.50. The summed E-state index contributed by atoms with van der Waals surface area (Å²) in [5, 5.41) is 0. The molecule has 26 heavy (non-hydrogen) atoms. The SMILES string of the molecule is CC(=O)N1C[C@H]2CN(C(=O)c3ncoc3C)C[C@H]2[C@@H]1c1ccccc1C. The average molecular weight is 353 g/mol. The average Bonchev–Trinajstić information content (AvgIpc) is 3.28. The highest BCUT2D eigenvalue weighted by atomic mass is 16.3. The summed E-state index contributed by atoms with van der Waals surface area (Å²) in [7, 11) is 0. The van der Waals surface area contributed by atoms with Gasteiger partial charge in [0.1, 0.15) is 5.76 Å². The lowest BCUT2D eigenvalue weighted by molar-refractivity contribution is -0.130. The third-order valence-electron chi connectivity index (χ3n) is 5.81. The monoisotopic (exact) mass is 353 g/mol. The highest BCUT2D eigenvalue weighted by molar-refractivity contribution is 5.93. The van der Waals surface area contributed by atoms with Gasteiger partial charge in [-0.2, -0.15) is 0 Å². The van der Waals surface area contributed by atoms with Crippen molar-refractivity contribution in [1.29, 1.82) is 0 Å². The number of aryl methyl sites for hydroxylation is 2. The molecule has 2 saturated heterocycles. The normalized spacial score (nSPS) is 24.8. The molecule has 0 N–H and O–H groups in total. The molecule has 2 aliphatic heterocycles. The minimum Gasteiger partial charge on any atom is -0.448 e. The van der Waals surface area contributed by atoms with Crippen LogP contribution in [0.3, 0.4) is 0 Å². The van der Waals surface area contributed by atoms with E-state index in [1.54, 1.807) is 13.8 Å². The highest BCUT2D eigenvalue weighted by Crippen LogP contribution is 2.46. The predicted molar refractivity (Wildman–Crippen MR) is 95.4 cm³/mol. The van der Waals surface area contributed by atoms with Gasteiger partial charge in [0, 0.05) is 38.4 Å². The first-order valence-electron chi connectivity index (χ1n) is 8.99. The summed E-state index contributed by atoms with van der Waals surface area (Å²) in [5.41, 5.74) is 2.75. The molecule has 2 aromatic rings. The largest absolute Gasteiger partial charge is 0.448 e. The second-order valence-electron chi connectivity index (χ2n) is 7.36. The number of nitrogens with zero attached hydrogens (tertiary/aromatic N) is 3. The summed E-state index contributed by atoms with van der Waals surface area (Å²) in [5.74, 6) is 1.10. The standard InChI is InChI=1S/C20H23N3O3/c1-12-6-4-5-7-16(12)19-17-10-22(8-15(17)9-23(19)14(3)24)20(25)18-13(2)26-11-21-18/h4-7,11,15,17,19H,8-10H2,1-3H3/t15-,17-,19+/m1/s1. The second kappa shape index (κ2) is 6.27. The molecule has 136 valence electrons. The first kappa shape index (κ1) is 16.8. The Labute approximate surface area is 152 Å². The van der Waals surface area contributed by atoms with Crippen molar-refractivity contribution in [1.82, 2.24) is 14.8 Å². The fourth-order valence-corrected chi connectivity index (χ4v) is 4.51. The first-order chi connectivity index (χ1) is 12.5. The van der Waals surface area contributed by atoms with Crippen LogP contribution in [0, 0.1) is 25.7 Å². The molecule has 3 heterocycles. The van der Waals surface area contributed by atoms with E-state index in [1.807, 2.05) is 21.9 Å². The van der Waals surface area contributed by atoms with Gasteiger partial charge in [0.15, 0.2) is 12.1 Å². The van der Waals surface area contributed by atoms with E-state index in [0.717, 1.165) is 0 Å². The van der Waals surface area contributed by atoms with E-state index in [0.29, 0.717) is 37.0 Å². The quantitative estimate of drug-likeness (QED) is 0.832. The summed E-state index contributed by atoms with van der Waals surface area (Å²) in [6, 6.07) is 8.24. The van der Waals surface area contributed by atoms with Crippen molar-refractivity contribution in [2.75, 3.05) is 19.6 Å². The topological polar surface area (TPSA) is 66.7 Å². The Bertz CT molecular complexity index is 859. The maximum absolute atomic E-state index is 12.8. The van der Waals surface area contributed by atoms with E-state index < -0.39 is 0 Å². The summed E-state index contributed by atoms with van der Waals surface area (Å²) in [6.45, 7) is 7.46. The molecule has 6 nitrogen and oxygen atoms in total. The number of aromatic nitrogens is 1. The molecule has 0 bridgehead atoms. The van der Waals surface area contributed by atoms with Crippen LogP contribution >= 0.6 is 0 Å². The van der Waals surface area contributed by atoms with Crippen LogP contribution in [0.5, 0.6) is 0 Å². The molecular weight excluding hydrogens is 330 g/mol. The van der Waals surface area contributed by atoms with Crippen LogP contribution in [0.1, 0.15) is 40.3 Å².